The third-order valence-corrected chi connectivity index (χ3v) is 4.41. The van der Waals surface area contributed by atoms with Crippen LogP contribution in [0.2, 0.25) is 0 Å². The van der Waals surface area contributed by atoms with Crippen LogP contribution in [-0.4, -0.2) is 61.5 Å². The highest BCUT2D eigenvalue weighted by atomic mass is 16.2. The van der Waals surface area contributed by atoms with E-state index in [1.54, 1.807) is 0 Å². The smallest absolute Gasteiger partial charge is 0.239 e. The monoisotopic (exact) mass is 274 g/mol. The molecular weight excluding hydrogens is 252 g/mol. The van der Waals surface area contributed by atoms with Crippen LogP contribution < -0.4 is 10.6 Å². The summed E-state index contributed by atoms with van der Waals surface area (Å²) in [5.41, 5.74) is 7.73. The lowest BCUT2D eigenvalue weighted by atomic mass is 10.1. The molecule has 2 saturated heterocycles. The van der Waals surface area contributed by atoms with Gasteiger partial charge in [0.25, 0.3) is 0 Å². The van der Waals surface area contributed by atoms with Crippen LogP contribution >= 0.6 is 0 Å². The number of carbonyl (C=O) groups is 1. The number of piperazine rings is 1. The molecule has 20 heavy (non-hydrogen) atoms. The Labute approximate surface area is 119 Å². The van der Waals surface area contributed by atoms with Gasteiger partial charge in [0.1, 0.15) is 0 Å². The Hall–Kier alpha value is -1.75. The molecule has 1 aromatic rings. The first-order chi connectivity index (χ1) is 9.65. The van der Waals surface area contributed by atoms with Crippen LogP contribution in [0.3, 0.4) is 0 Å². The van der Waals surface area contributed by atoms with Gasteiger partial charge < -0.3 is 15.5 Å². The average Bonchev–Trinajstić information content (AvgIpc) is 2.80. The number of benzene rings is 1. The van der Waals surface area contributed by atoms with Crippen LogP contribution in [0, 0.1) is 0 Å². The molecule has 2 aliphatic rings. The Bertz CT molecular complexity index is 479. The molecular formula is C15H22N4O. The van der Waals surface area contributed by atoms with E-state index in [2.05, 4.69) is 21.9 Å². The summed E-state index contributed by atoms with van der Waals surface area (Å²) in [5.74, 6) is 0.283. The molecule has 5 nitrogen and oxygen atoms in total. The van der Waals surface area contributed by atoms with Gasteiger partial charge in [0.2, 0.25) is 5.91 Å². The van der Waals surface area contributed by atoms with Crippen LogP contribution in [-0.2, 0) is 4.79 Å². The first-order valence-electron chi connectivity index (χ1n) is 7.24. The highest BCUT2D eigenvalue weighted by molar-refractivity contribution is 5.83. The number of nitrogens with zero attached hydrogens (tertiary/aromatic N) is 3. The quantitative estimate of drug-likeness (QED) is 0.803. The van der Waals surface area contributed by atoms with E-state index in [0.717, 1.165) is 44.8 Å². The molecule has 0 radical (unpaired) electrons. The van der Waals surface area contributed by atoms with Gasteiger partial charge in [-0.25, -0.2) is 0 Å². The first kappa shape index (κ1) is 13.2. The number of hydrogen-bond acceptors (Lipinski definition) is 4. The van der Waals surface area contributed by atoms with Gasteiger partial charge in [-0.15, -0.1) is 0 Å². The van der Waals surface area contributed by atoms with Crippen molar-refractivity contribution >= 4 is 17.3 Å². The van der Waals surface area contributed by atoms with Crippen LogP contribution in [0.15, 0.2) is 24.3 Å². The number of amides is 1. The standard InChI is InChI=1S/C15H22N4O/c1-17-7-6-14(15(17)20)19-10-8-18(9-11-19)13-4-2-12(16)3-5-13/h2-5,14H,6-11,16H2,1H3. The SMILES string of the molecule is CN1CCC(N2CCN(c3ccc(N)cc3)CC2)C1=O. The van der Waals surface area contributed by atoms with E-state index < -0.39 is 0 Å². The van der Waals surface area contributed by atoms with Crippen molar-refractivity contribution in [3.05, 3.63) is 24.3 Å². The summed E-state index contributed by atoms with van der Waals surface area (Å²) >= 11 is 0. The molecule has 108 valence electrons. The fraction of sp³-hybridized carbons (Fsp3) is 0.533. The number of rotatable bonds is 2. The maximum atomic E-state index is 12.1. The lowest BCUT2D eigenvalue weighted by Gasteiger charge is -2.38. The average molecular weight is 274 g/mol. The minimum Gasteiger partial charge on any atom is -0.399 e. The minimum absolute atomic E-state index is 0.105. The van der Waals surface area contributed by atoms with Gasteiger partial charge in [-0.05, 0) is 30.7 Å². The summed E-state index contributed by atoms with van der Waals surface area (Å²) in [7, 11) is 1.90. The fourth-order valence-corrected chi connectivity index (χ4v) is 3.12. The topological polar surface area (TPSA) is 52.8 Å². The van der Waals surface area contributed by atoms with Crippen LogP contribution in [0.5, 0.6) is 0 Å². The van der Waals surface area contributed by atoms with Crippen molar-refractivity contribution in [1.82, 2.24) is 9.80 Å². The molecule has 2 fully saturated rings. The lowest BCUT2D eigenvalue weighted by Crippen LogP contribution is -2.52. The molecule has 1 aromatic carbocycles. The van der Waals surface area contributed by atoms with Crippen LogP contribution in [0.25, 0.3) is 0 Å². The maximum Gasteiger partial charge on any atom is 0.239 e. The molecule has 2 N–H and O–H groups in total. The summed E-state index contributed by atoms with van der Waals surface area (Å²) in [4.78, 5) is 18.6. The number of nitrogen functional groups attached to an aromatic ring is 1. The van der Waals surface area contributed by atoms with E-state index in [9.17, 15) is 4.79 Å². The largest absolute Gasteiger partial charge is 0.399 e. The zero-order valence-electron chi connectivity index (χ0n) is 12.0. The van der Waals surface area contributed by atoms with Gasteiger partial charge in [0.15, 0.2) is 0 Å². The van der Waals surface area contributed by atoms with Gasteiger partial charge in [-0.3, -0.25) is 9.69 Å². The Morgan fingerprint density at radius 2 is 1.70 bits per heavy atom. The van der Waals surface area contributed by atoms with E-state index in [1.807, 2.05) is 24.1 Å². The van der Waals surface area contributed by atoms with Gasteiger partial charge >= 0.3 is 0 Å². The van der Waals surface area contributed by atoms with Crippen molar-refractivity contribution < 1.29 is 4.79 Å². The lowest BCUT2D eigenvalue weighted by molar-refractivity contribution is -0.131. The predicted octanol–water partition coefficient (Wildman–Crippen LogP) is 0.621. The normalized spacial score (nSPS) is 24.4. The van der Waals surface area contributed by atoms with E-state index in [0.29, 0.717) is 0 Å². The number of likely N-dealkylation sites (N-methyl/N-ethyl adjacent to an activating group) is 1. The Balaban J connectivity index is 1.59. The van der Waals surface area contributed by atoms with Gasteiger partial charge in [-0.2, -0.15) is 0 Å². The van der Waals surface area contributed by atoms with Gasteiger partial charge in [0, 0.05) is 51.1 Å². The zero-order chi connectivity index (χ0) is 14.1. The van der Waals surface area contributed by atoms with Crippen molar-refractivity contribution in [1.29, 1.82) is 0 Å². The zero-order valence-corrected chi connectivity index (χ0v) is 12.0. The molecule has 0 aliphatic carbocycles. The highest BCUT2D eigenvalue weighted by Gasteiger charge is 2.35. The molecule has 1 amide bonds. The molecule has 2 aliphatic heterocycles. The Morgan fingerprint density at radius 3 is 2.25 bits per heavy atom. The second-order valence-corrected chi connectivity index (χ2v) is 5.68. The number of carbonyl (C=O) groups excluding carboxylic acids is 1. The number of anilines is 2. The fourth-order valence-electron chi connectivity index (χ4n) is 3.12. The number of hydrogen-bond donors (Lipinski definition) is 1. The molecule has 1 atom stereocenters. The van der Waals surface area contributed by atoms with E-state index in [-0.39, 0.29) is 11.9 Å². The van der Waals surface area contributed by atoms with Crippen molar-refractivity contribution in [3.63, 3.8) is 0 Å². The Kier molecular flexibility index (Phi) is 3.53. The van der Waals surface area contributed by atoms with Crippen molar-refractivity contribution in [2.45, 2.75) is 12.5 Å². The third kappa shape index (κ3) is 2.45. The molecule has 0 aromatic heterocycles. The van der Waals surface area contributed by atoms with Gasteiger partial charge in [0.05, 0.1) is 6.04 Å². The first-order valence-corrected chi connectivity index (χ1v) is 7.24. The van der Waals surface area contributed by atoms with Crippen LogP contribution in [0.1, 0.15) is 6.42 Å². The van der Waals surface area contributed by atoms with E-state index >= 15 is 0 Å². The molecule has 0 bridgehead atoms. The summed E-state index contributed by atoms with van der Waals surface area (Å²) < 4.78 is 0. The van der Waals surface area contributed by atoms with Gasteiger partial charge in [-0.1, -0.05) is 0 Å². The second kappa shape index (κ2) is 5.32. The summed E-state index contributed by atoms with van der Waals surface area (Å²) in [5, 5.41) is 0. The molecule has 0 saturated carbocycles. The summed E-state index contributed by atoms with van der Waals surface area (Å²) in [6.45, 7) is 4.74. The molecule has 3 rings (SSSR count). The van der Waals surface area contributed by atoms with E-state index in [4.69, 9.17) is 5.73 Å². The van der Waals surface area contributed by atoms with E-state index in [1.165, 1.54) is 5.69 Å². The highest BCUT2D eigenvalue weighted by Crippen LogP contribution is 2.21. The third-order valence-electron chi connectivity index (χ3n) is 4.41. The number of nitrogens with two attached hydrogens (primary N) is 1. The number of likely N-dealkylation sites (tertiary alicyclic amines) is 1. The van der Waals surface area contributed by atoms with Crippen molar-refractivity contribution in [2.24, 2.45) is 0 Å². The Morgan fingerprint density at radius 1 is 1.05 bits per heavy atom. The molecule has 5 heteroatoms. The predicted molar refractivity (Wildman–Crippen MR) is 80.7 cm³/mol. The second-order valence-electron chi connectivity index (χ2n) is 5.68. The molecule has 1 unspecified atom stereocenters. The summed E-state index contributed by atoms with van der Waals surface area (Å²) in [6, 6.07) is 8.13. The maximum absolute atomic E-state index is 12.1. The van der Waals surface area contributed by atoms with Crippen molar-refractivity contribution in [3.8, 4) is 0 Å². The van der Waals surface area contributed by atoms with Crippen molar-refractivity contribution in [2.75, 3.05) is 50.4 Å². The minimum atomic E-state index is 0.105. The molecule has 2 heterocycles. The van der Waals surface area contributed by atoms with Crippen LogP contribution in [0.4, 0.5) is 11.4 Å². The summed E-state index contributed by atoms with van der Waals surface area (Å²) in [6.07, 6.45) is 0.969. The molecule has 0 spiro atoms.